The number of rotatable bonds is 1. The van der Waals surface area contributed by atoms with Gasteiger partial charge < -0.3 is 4.74 Å². The van der Waals surface area contributed by atoms with Crippen LogP contribution in [0.5, 0.6) is 0 Å². The molecule has 0 aliphatic carbocycles. The average Bonchev–Trinajstić information content (AvgIpc) is 2.43. The van der Waals surface area contributed by atoms with Crippen molar-refractivity contribution in [2.75, 3.05) is 20.6 Å². The first-order chi connectivity index (χ1) is 7.22. The predicted octanol–water partition coefficient (Wildman–Crippen LogP) is 1.08. The second-order valence-electron chi connectivity index (χ2n) is 5.24. The highest BCUT2D eigenvalue weighted by Crippen LogP contribution is 2.18. The lowest BCUT2D eigenvalue weighted by atomic mass is 10.2. The van der Waals surface area contributed by atoms with Gasteiger partial charge in [0.2, 0.25) is 5.91 Å². The lowest BCUT2D eigenvalue weighted by molar-refractivity contribution is -0.130. The van der Waals surface area contributed by atoms with E-state index in [-0.39, 0.29) is 11.9 Å². The molecule has 1 atom stereocenters. The Morgan fingerprint density at radius 2 is 2.00 bits per heavy atom. The van der Waals surface area contributed by atoms with Crippen LogP contribution in [-0.4, -0.2) is 54.1 Å². The van der Waals surface area contributed by atoms with Crippen molar-refractivity contribution in [3.8, 4) is 0 Å². The van der Waals surface area contributed by atoms with Crippen molar-refractivity contribution in [1.29, 1.82) is 0 Å². The number of hydrogen-bond donors (Lipinski definition) is 0. The minimum Gasteiger partial charge on any atom is -0.443 e. The summed E-state index contributed by atoms with van der Waals surface area (Å²) < 4.78 is 5.17. The van der Waals surface area contributed by atoms with Gasteiger partial charge in [-0.1, -0.05) is 0 Å². The van der Waals surface area contributed by atoms with Gasteiger partial charge in [0.05, 0.1) is 6.04 Å². The number of carbonyl (C=O) groups is 2. The highest BCUT2D eigenvalue weighted by molar-refractivity contribution is 5.96. The number of imide groups is 1. The molecule has 0 saturated carbocycles. The van der Waals surface area contributed by atoms with E-state index in [4.69, 9.17) is 4.74 Å². The monoisotopic (exact) mass is 228 g/mol. The van der Waals surface area contributed by atoms with Gasteiger partial charge in [0.15, 0.2) is 0 Å². The molecule has 0 aromatic heterocycles. The molecule has 1 aliphatic rings. The second kappa shape index (κ2) is 4.41. The largest absolute Gasteiger partial charge is 0.443 e. The maximum Gasteiger partial charge on any atom is 0.417 e. The normalized spacial score (nSPS) is 21.8. The first-order valence-corrected chi connectivity index (χ1v) is 5.43. The van der Waals surface area contributed by atoms with E-state index in [1.165, 1.54) is 4.90 Å². The summed E-state index contributed by atoms with van der Waals surface area (Å²) in [5.41, 5.74) is -0.562. The molecule has 5 heteroatoms. The Labute approximate surface area is 96.3 Å². The average molecular weight is 228 g/mol. The van der Waals surface area contributed by atoms with Gasteiger partial charge in [-0.3, -0.25) is 9.69 Å². The number of likely N-dealkylation sites (tertiary alicyclic amines) is 1. The maximum atomic E-state index is 11.9. The summed E-state index contributed by atoms with van der Waals surface area (Å²) >= 11 is 0. The smallest absolute Gasteiger partial charge is 0.417 e. The summed E-state index contributed by atoms with van der Waals surface area (Å²) in [4.78, 5) is 26.6. The van der Waals surface area contributed by atoms with Crippen molar-refractivity contribution in [2.24, 2.45) is 0 Å². The number of amides is 2. The Bertz CT molecular complexity index is 294. The molecular formula is C11H20N2O3. The highest BCUT2D eigenvalue weighted by atomic mass is 16.6. The van der Waals surface area contributed by atoms with E-state index >= 15 is 0 Å². The lowest BCUT2D eigenvalue weighted by Gasteiger charge is -2.24. The zero-order valence-electron chi connectivity index (χ0n) is 10.6. The first-order valence-electron chi connectivity index (χ1n) is 5.43. The summed E-state index contributed by atoms with van der Waals surface area (Å²) in [6.07, 6.45) is 0.132. The van der Waals surface area contributed by atoms with E-state index in [0.29, 0.717) is 13.0 Å². The second-order valence-corrected chi connectivity index (χ2v) is 5.24. The van der Waals surface area contributed by atoms with E-state index in [2.05, 4.69) is 0 Å². The molecule has 16 heavy (non-hydrogen) atoms. The minimum absolute atomic E-state index is 0.167. The number of ether oxygens (including phenoxy) is 1. The number of likely N-dealkylation sites (N-methyl/N-ethyl adjacent to an activating group) is 1. The van der Waals surface area contributed by atoms with Gasteiger partial charge in [0.1, 0.15) is 5.60 Å². The summed E-state index contributed by atoms with van der Waals surface area (Å²) in [7, 11) is 3.67. The van der Waals surface area contributed by atoms with Crippen molar-refractivity contribution in [3.05, 3.63) is 0 Å². The van der Waals surface area contributed by atoms with Crippen molar-refractivity contribution >= 4 is 12.0 Å². The van der Waals surface area contributed by atoms with Crippen LogP contribution in [0.3, 0.4) is 0 Å². The van der Waals surface area contributed by atoms with Gasteiger partial charge in [-0.25, -0.2) is 9.69 Å². The fraction of sp³-hybridized carbons (Fsp3) is 0.818. The molecule has 1 aliphatic heterocycles. The Balaban J connectivity index is 2.64. The minimum atomic E-state index is -0.562. The molecule has 2 amide bonds. The van der Waals surface area contributed by atoms with Crippen LogP contribution in [-0.2, 0) is 9.53 Å². The van der Waals surface area contributed by atoms with Crippen molar-refractivity contribution < 1.29 is 14.3 Å². The molecule has 0 N–H and O–H groups in total. The van der Waals surface area contributed by atoms with Crippen LogP contribution in [0.4, 0.5) is 4.79 Å². The summed E-state index contributed by atoms with van der Waals surface area (Å²) in [6, 6.07) is -0.201. The van der Waals surface area contributed by atoms with Crippen LogP contribution >= 0.6 is 0 Å². The Morgan fingerprint density at radius 3 is 2.38 bits per heavy atom. The molecule has 0 bridgehead atoms. The summed E-state index contributed by atoms with van der Waals surface area (Å²) in [5.74, 6) is -0.167. The highest BCUT2D eigenvalue weighted by Gasteiger charge is 2.38. The SMILES string of the molecule is CN(C)C1CCN(C(=O)OC(C)(C)C)C1=O. The fourth-order valence-corrected chi connectivity index (χ4v) is 1.64. The van der Waals surface area contributed by atoms with Crippen molar-refractivity contribution in [3.63, 3.8) is 0 Å². The van der Waals surface area contributed by atoms with Crippen LogP contribution in [0.2, 0.25) is 0 Å². The van der Waals surface area contributed by atoms with Crippen molar-refractivity contribution in [2.45, 2.75) is 38.8 Å². The summed E-state index contributed by atoms with van der Waals surface area (Å²) in [5, 5.41) is 0. The predicted molar refractivity (Wildman–Crippen MR) is 60.0 cm³/mol. The fourth-order valence-electron chi connectivity index (χ4n) is 1.64. The molecule has 0 aromatic carbocycles. The van der Waals surface area contributed by atoms with Crippen LogP contribution in [0.15, 0.2) is 0 Å². The molecule has 0 radical (unpaired) electrons. The van der Waals surface area contributed by atoms with Crippen LogP contribution < -0.4 is 0 Å². The molecular weight excluding hydrogens is 208 g/mol. The van der Waals surface area contributed by atoms with Gasteiger partial charge in [0.25, 0.3) is 0 Å². The van der Waals surface area contributed by atoms with Crippen LogP contribution in [0.25, 0.3) is 0 Å². The molecule has 1 fully saturated rings. The quantitative estimate of drug-likeness (QED) is 0.674. The number of carbonyl (C=O) groups excluding carboxylic acids is 2. The third-order valence-corrected chi connectivity index (χ3v) is 2.41. The molecule has 0 aromatic rings. The molecule has 5 nitrogen and oxygen atoms in total. The van der Waals surface area contributed by atoms with Crippen LogP contribution in [0, 0.1) is 0 Å². The van der Waals surface area contributed by atoms with E-state index in [0.717, 1.165) is 0 Å². The molecule has 1 heterocycles. The molecule has 0 spiro atoms. The van der Waals surface area contributed by atoms with E-state index in [1.54, 1.807) is 20.8 Å². The maximum absolute atomic E-state index is 11.9. The van der Waals surface area contributed by atoms with Gasteiger partial charge in [-0.2, -0.15) is 0 Å². The van der Waals surface area contributed by atoms with E-state index in [1.807, 2.05) is 19.0 Å². The third-order valence-electron chi connectivity index (χ3n) is 2.41. The van der Waals surface area contributed by atoms with Gasteiger partial charge >= 0.3 is 6.09 Å². The lowest BCUT2D eigenvalue weighted by Crippen LogP contribution is -2.42. The zero-order chi connectivity index (χ0) is 12.5. The molecule has 1 unspecified atom stereocenters. The molecule has 1 saturated heterocycles. The Morgan fingerprint density at radius 1 is 1.44 bits per heavy atom. The molecule has 92 valence electrons. The Hall–Kier alpha value is -1.10. The van der Waals surface area contributed by atoms with Gasteiger partial charge in [-0.05, 0) is 41.3 Å². The standard InChI is InChI=1S/C11H20N2O3/c1-11(2,3)16-10(15)13-7-6-8(9(13)14)12(4)5/h8H,6-7H2,1-5H3. The third kappa shape index (κ3) is 2.95. The first kappa shape index (κ1) is 13.0. The Kier molecular flexibility index (Phi) is 3.57. The van der Waals surface area contributed by atoms with Crippen LogP contribution in [0.1, 0.15) is 27.2 Å². The van der Waals surface area contributed by atoms with Gasteiger partial charge in [-0.15, -0.1) is 0 Å². The molecule has 1 rings (SSSR count). The van der Waals surface area contributed by atoms with E-state index < -0.39 is 11.7 Å². The summed E-state index contributed by atoms with van der Waals surface area (Å²) in [6.45, 7) is 5.80. The topological polar surface area (TPSA) is 49.9 Å². The van der Waals surface area contributed by atoms with Gasteiger partial charge in [0, 0.05) is 6.54 Å². The number of hydrogen-bond acceptors (Lipinski definition) is 4. The number of nitrogens with zero attached hydrogens (tertiary/aromatic N) is 2. The van der Waals surface area contributed by atoms with E-state index in [9.17, 15) is 9.59 Å². The zero-order valence-corrected chi connectivity index (χ0v) is 10.6. The van der Waals surface area contributed by atoms with Crippen molar-refractivity contribution in [1.82, 2.24) is 9.80 Å².